The Bertz CT molecular complexity index is 802. The van der Waals surface area contributed by atoms with Crippen LogP contribution in [0.25, 0.3) is 10.2 Å². The summed E-state index contributed by atoms with van der Waals surface area (Å²) in [6.45, 7) is 0.235. The lowest BCUT2D eigenvalue weighted by Crippen LogP contribution is -1.95. The van der Waals surface area contributed by atoms with E-state index in [1.54, 1.807) is 6.07 Å². The molecule has 0 saturated carbocycles. The molecular weight excluding hydrogens is 295 g/mol. The zero-order chi connectivity index (χ0) is 14.8. The van der Waals surface area contributed by atoms with Gasteiger partial charge in [-0.05, 0) is 24.3 Å². The Kier molecular flexibility index (Phi) is 3.49. The highest BCUT2D eigenvalue weighted by atomic mass is 32.1. The summed E-state index contributed by atoms with van der Waals surface area (Å²) in [4.78, 5) is 14.4. The van der Waals surface area contributed by atoms with Crippen LogP contribution in [0.2, 0.25) is 0 Å². The maximum atomic E-state index is 13.1. The van der Waals surface area contributed by atoms with E-state index in [1.165, 1.54) is 47.7 Å². The molecule has 0 aliphatic rings. The predicted octanol–water partition coefficient (Wildman–Crippen LogP) is 3.92. The van der Waals surface area contributed by atoms with Crippen LogP contribution in [0, 0.1) is 15.9 Å². The second kappa shape index (κ2) is 5.45. The van der Waals surface area contributed by atoms with Crippen LogP contribution in [0.4, 0.5) is 10.1 Å². The molecule has 0 spiro atoms. The monoisotopic (exact) mass is 304 g/mol. The number of aromatic nitrogens is 1. The van der Waals surface area contributed by atoms with Gasteiger partial charge in [0.15, 0.2) is 0 Å². The molecule has 1 aromatic heterocycles. The smallest absolute Gasteiger partial charge is 0.269 e. The van der Waals surface area contributed by atoms with Crippen molar-refractivity contribution in [1.29, 1.82) is 0 Å². The van der Waals surface area contributed by atoms with Gasteiger partial charge in [-0.15, -0.1) is 11.3 Å². The van der Waals surface area contributed by atoms with Gasteiger partial charge in [0, 0.05) is 18.2 Å². The third kappa shape index (κ3) is 2.97. The molecule has 0 bridgehead atoms. The molecule has 2 aromatic carbocycles. The summed E-state index contributed by atoms with van der Waals surface area (Å²) in [6, 6.07) is 10.3. The van der Waals surface area contributed by atoms with Crippen LogP contribution < -0.4 is 4.74 Å². The number of nitro benzene ring substituents is 1. The number of hydrogen-bond donors (Lipinski definition) is 0. The van der Waals surface area contributed by atoms with Gasteiger partial charge in [0.1, 0.15) is 23.2 Å². The molecule has 0 radical (unpaired) electrons. The van der Waals surface area contributed by atoms with Crippen molar-refractivity contribution >= 4 is 27.2 Å². The van der Waals surface area contributed by atoms with Gasteiger partial charge in [-0.1, -0.05) is 0 Å². The van der Waals surface area contributed by atoms with Crippen LogP contribution in [0.5, 0.6) is 5.75 Å². The number of halogens is 1. The molecule has 106 valence electrons. The normalized spacial score (nSPS) is 10.7. The molecule has 0 fully saturated rings. The van der Waals surface area contributed by atoms with Crippen molar-refractivity contribution in [3.8, 4) is 5.75 Å². The molecule has 3 aromatic rings. The summed E-state index contributed by atoms with van der Waals surface area (Å²) in [6.07, 6.45) is 0. The molecule has 0 amide bonds. The number of thiazole rings is 1. The van der Waals surface area contributed by atoms with Crippen LogP contribution in [-0.4, -0.2) is 9.91 Å². The summed E-state index contributed by atoms with van der Waals surface area (Å²) in [7, 11) is 0. The minimum atomic E-state index is -0.466. The number of benzene rings is 2. The lowest BCUT2D eigenvalue weighted by Gasteiger charge is -2.02. The molecule has 3 rings (SSSR count). The van der Waals surface area contributed by atoms with E-state index in [0.717, 1.165) is 4.70 Å². The summed E-state index contributed by atoms with van der Waals surface area (Å²) in [5.41, 5.74) is 0.611. The minimum Gasteiger partial charge on any atom is -0.486 e. The Morgan fingerprint density at radius 2 is 2.00 bits per heavy atom. The maximum Gasteiger partial charge on any atom is 0.269 e. The zero-order valence-electron chi connectivity index (χ0n) is 10.7. The number of rotatable bonds is 4. The van der Waals surface area contributed by atoms with E-state index in [1.807, 2.05) is 0 Å². The molecule has 21 heavy (non-hydrogen) atoms. The maximum absolute atomic E-state index is 13.1. The van der Waals surface area contributed by atoms with E-state index < -0.39 is 4.92 Å². The first-order valence-corrected chi connectivity index (χ1v) is 6.86. The van der Waals surface area contributed by atoms with Crippen molar-refractivity contribution in [2.75, 3.05) is 0 Å². The Morgan fingerprint density at radius 3 is 2.71 bits per heavy atom. The molecule has 0 atom stereocenters. The molecule has 0 saturated heterocycles. The number of nitrogens with zero attached hydrogens (tertiary/aromatic N) is 2. The van der Waals surface area contributed by atoms with Crippen LogP contribution >= 0.6 is 11.3 Å². The number of nitro groups is 1. The van der Waals surface area contributed by atoms with Crippen LogP contribution in [0.3, 0.4) is 0 Å². The van der Waals surface area contributed by atoms with Gasteiger partial charge in [-0.3, -0.25) is 10.1 Å². The van der Waals surface area contributed by atoms with Crippen molar-refractivity contribution in [2.45, 2.75) is 6.61 Å². The van der Waals surface area contributed by atoms with Gasteiger partial charge in [-0.25, -0.2) is 9.37 Å². The van der Waals surface area contributed by atoms with E-state index in [2.05, 4.69) is 4.98 Å². The summed E-state index contributed by atoms with van der Waals surface area (Å²) < 4.78 is 19.5. The molecule has 5 nitrogen and oxygen atoms in total. The predicted molar refractivity (Wildman–Crippen MR) is 77.0 cm³/mol. The van der Waals surface area contributed by atoms with E-state index in [9.17, 15) is 14.5 Å². The average molecular weight is 304 g/mol. The Labute approximate surface area is 122 Å². The van der Waals surface area contributed by atoms with E-state index in [0.29, 0.717) is 16.3 Å². The third-order valence-corrected chi connectivity index (χ3v) is 3.81. The molecule has 0 aliphatic carbocycles. The first-order chi connectivity index (χ1) is 10.1. The fourth-order valence-electron chi connectivity index (χ4n) is 1.82. The largest absolute Gasteiger partial charge is 0.486 e. The molecule has 7 heteroatoms. The highest BCUT2D eigenvalue weighted by Crippen LogP contribution is 2.24. The first-order valence-electron chi connectivity index (χ1n) is 6.04. The van der Waals surface area contributed by atoms with E-state index in [-0.39, 0.29) is 18.1 Å². The molecule has 0 unspecified atom stereocenters. The van der Waals surface area contributed by atoms with Crippen molar-refractivity contribution in [1.82, 2.24) is 4.98 Å². The van der Waals surface area contributed by atoms with Crippen molar-refractivity contribution in [3.05, 3.63) is 63.4 Å². The lowest BCUT2D eigenvalue weighted by atomic mass is 10.3. The SMILES string of the molecule is O=[N+]([O-])c1ccc(OCc2nc3cc(F)ccc3s2)cc1. The van der Waals surface area contributed by atoms with Crippen molar-refractivity contribution in [2.24, 2.45) is 0 Å². The van der Waals surface area contributed by atoms with Crippen LogP contribution in [0.15, 0.2) is 42.5 Å². The number of hydrogen-bond acceptors (Lipinski definition) is 5. The van der Waals surface area contributed by atoms with Gasteiger partial charge >= 0.3 is 0 Å². The molecule has 1 heterocycles. The Hall–Kier alpha value is -2.54. The molecular formula is C14H9FN2O3S. The fourth-order valence-corrected chi connectivity index (χ4v) is 2.68. The van der Waals surface area contributed by atoms with Gasteiger partial charge in [0.25, 0.3) is 5.69 Å². The van der Waals surface area contributed by atoms with Crippen LogP contribution in [0.1, 0.15) is 5.01 Å². The zero-order valence-corrected chi connectivity index (χ0v) is 11.5. The standard InChI is InChI=1S/C14H9FN2O3S/c15-9-1-6-13-12(7-9)16-14(21-13)8-20-11-4-2-10(3-5-11)17(18)19/h1-7H,8H2. The van der Waals surface area contributed by atoms with E-state index >= 15 is 0 Å². The van der Waals surface area contributed by atoms with Crippen LogP contribution in [-0.2, 0) is 6.61 Å². The number of non-ortho nitro benzene ring substituents is 1. The number of ether oxygens (including phenoxy) is 1. The Morgan fingerprint density at radius 1 is 1.24 bits per heavy atom. The summed E-state index contributed by atoms with van der Waals surface area (Å²) >= 11 is 1.42. The lowest BCUT2D eigenvalue weighted by molar-refractivity contribution is -0.384. The second-order valence-electron chi connectivity index (χ2n) is 4.26. The molecule has 0 N–H and O–H groups in total. The van der Waals surface area contributed by atoms with Gasteiger partial charge in [0.2, 0.25) is 0 Å². The third-order valence-electron chi connectivity index (χ3n) is 2.80. The topological polar surface area (TPSA) is 65.3 Å². The second-order valence-corrected chi connectivity index (χ2v) is 5.37. The first kappa shape index (κ1) is 13.4. The van der Waals surface area contributed by atoms with E-state index in [4.69, 9.17) is 4.74 Å². The summed E-state index contributed by atoms with van der Waals surface area (Å²) in [5.74, 6) is 0.196. The molecule has 0 aliphatic heterocycles. The van der Waals surface area contributed by atoms with Gasteiger partial charge in [-0.2, -0.15) is 0 Å². The average Bonchev–Trinajstić information content (AvgIpc) is 2.87. The fraction of sp³-hybridized carbons (Fsp3) is 0.0714. The van der Waals surface area contributed by atoms with Gasteiger partial charge in [0.05, 0.1) is 15.1 Å². The number of fused-ring (bicyclic) bond motifs is 1. The Balaban J connectivity index is 1.72. The summed E-state index contributed by atoms with van der Waals surface area (Å²) in [5, 5.41) is 11.3. The highest BCUT2D eigenvalue weighted by molar-refractivity contribution is 7.18. The van der Waals surface area contributed by atoms with Gasteiger partial charge < -0.3 is 4.74 Å². The highest BCUT2D eigenvalue weighted by Gasteiger charge is 2.07. The quantitative estimate of drug-likeness (QED) is 0.541. The minimum absolute atomic E-state index is 0.0119. The van der Waals surface area contributed by atoms with Crippen molar-refractivity contribution < 1.29 is 14.1 Å². The van der Waals surface area contributed by atoms with Crippen molar-refractivity contribution in [3.63, 3.8) is 0 Å².